The summed E-state index contributed by atoms with van der Waals surface area (Å²) in [7, 11) is 0.308. The molecule has 0 aromatic heterocycles. The normalized spacial score (nSPS) is 20.4. The average molecular weight is 381 g/mol. The van der Waals surface area contributed by atoms with Crippen LogP contribution in [0.4, 0.5) is 0 Å². The van der Waals surface area contributed by atoms with Gasteiger partial charge in [-0.3, -0.25) is 4.79 Å². The number of nitrogens with two attached hydrogens (primary N) is 1. The molecule has 1 aliphatic rings. The molecule has 0 saturated carbocycles. The van der Waals surface area contributed by atoms with Gasteiger partial charge in [0.1, 0.15) is 15.7 Å². The molecule has 0 saturated heterocycles. The summed E-state index contributed by atoms with van der Waals surface area (Å²) in [5.74, 6) is -1.48. The van der Waals surface area contributed by atoms with Gasteiger partial charge < -0.3 is 14.7 Å². The summed E-state index contributed by atoms with van der Waals surface area (Å²) in [5, 5.41) is 0. The predicted molar refractivity (Wildman–Crippen MR) is 109 cm³/mol. The zero-order valence-electron chi connectivity index (χ0n) is 15.3. The highest BCUT2D eigenvalue weighted by molar-refractivity contribution is 7.90. The van der Waals surface area contributed by atoms with Gasteiger partial charge >= 0.3 is 10.1 Å². The van der Waals surface area contributed by atoms with Gasteiger partial charge in [0.25, 0.3) is 0 Å². The van der Waals surface area contributed by atoms with E-state index in [1.807, 2.05) is 0 Å². The van der Waals surface area contributed by atoms with Crippen LogP contribution in [0.15, 0.2) is 72.3 Å². The van der Waals surface area contributed by atoms with Crippen LogP contribution in [0.5, 0.6) is 0 Å². The van der Waals surface area contributed by atoms with Crippen molar-refractivity contribution in [2.24, 2.45) is 5.73 Å². The van der Waals surface area contributed by atoms with Crippen molar-refractivity contribution in [3.63, 3.8) is 0 Å². The van der Waals surface area contributed by atoms with E-state index in [0.29, 0.717) is 11.1 Å². The third-order valence-electron chi connectivity index (χ3n) is 4.79. The van der Waals surface area contributed by atoms with Crippen molar-refractivity contribution in [2.75, 3.05) is 0 Å². The molecular weight excluding hydrogens is 363 g/mol. The number of benzene rings is 2. The fourth-order valence-corrected chi connectivity index (χ4v) is 3.87. The van der Waals surface area contributed by atoms with Gasteiger partial charge in [0.2, 0.25) is 17.4 Å². The summed E-state index contributed by atoms with van der Waals surface area (Å²) >= 11 is 0. The third kappa shape index (κ3) is 3.14. The summed E-state index contributed by atoms with van der Waals surface area (Å²) in [6.45, 7) is 0. The lowest BCUT2D eigenvalue weighted by Gasteiger charge is -2.25. The molecule has 0 unspecified atom stereocenters. The van der Waals surface area contributed by atoms with Crippen LogP contribution < -0.4 is 5.73 Å². The van der Waals surface area contributed by atoms with E-state index in [4.69, 9.17) is 14.7 Å². The molecule has 0 radical (unpaired) electrons. The zero-order valence-corrected chi connectivity index (χ0v) is 16.1. The Morgan fingerprint density at radius 3 is 2.07 bits per heavy atom. The Balaban J connectivity index is 1.94. The smallest absolute Gasteiger partial charge is 0.304 e. The van der Waals surface area contributed by atoms with Gasteiger partial charge in [0.15, 0.2) is 13.3 Å². The minimum absolute atomic E-state index is 0.348. The highest BCUT2D eigenvalue weighted by atomic mass is 32.2. The van der Waals surface area contributed by atoms with Gasteiger partial charge in [-0.2, -0.15) is 8.42 Å². The fraction of sp³-hybridized carbons (Fsp3) is 0.118. The van der Waals surface area contributed by atoms with Crippen LogP contribution in [0.3, 0.4) is 0 Å². The fourth-order valence-electron chi connectivity index (χ4n) is 2.86. The first-order valence-corrected chi connectivity index (χ1v) is 9.79. The summed E-state index contributed by atoms with van der Waals surface area (Å²) in [6.07, 6.45) is 0. The maximum Gasteiger partial charge on any atom is 0.304 e. The number of rotatable bonds is 5. The molecule has 1 heterocycles. The maximum atomic E-state index is 12.9. The Morgan fingerprint density at radius 2 is 1.52 bits per heavy atom. The van der Waals surface area contributed by atoms with Crippen molar-refractivity contribution in [1.29, 1.82) is 0 Å². The highest BCUT2D eigenvalue weighted by Gasteiger charge is 2.50. The summed E-state index contributed by atoms with van der Waals surface area (Å²) in [5.41, 5.74) is 5.46. The molecule has 1 aliphatic heterocycles. The van der Waals surface area contributed by atoms with Crippen molar-refractivity contribution in [1.82, 2.24) is 0 Å². The van der Waals surface area contributed by atoms with Gasteiger partial charge in [-0.15, -0.1) is 0 Å². The average Bonchev–Trinajstić information content (AvgIpc) is 2.87. The second-order valence-electron chi connectivity index (χ2n) is 6.94. The van der Waals surface area contributed by atoms with E-state index in [-0.39, 0.29) is 5.88 Å². The van der Waals surface area contributed by atoms with Crippen LogP contribution in [0.1, 0.15) is 11.1 Å². The lowest BCUT2D eigenvalue weighted by Crippen LogP contribution is -2.40. The topological polar surface area (TPSA) is 95.7 Å². The molecule has 0 aliphatic carbocycles. The van der Waals surface area contributed by atoms with Gasteiger partial charge in [-0.25, -0.2) is 0 Å². The predicted octanol–water partition coefficient (Wildman–Crippen LogP) is -1.38. The largest absolute Gasteiger partial charge is 0.467 e. The quantitative estimate of drug-likeness (QED) is 0.507. The first-order valence-electron chi connectivity index (χ1n) is 8.38. The van der Waals surface area contributed by atoms with Gasteiger partial charge in [-0.1, -0.05) is 60.7 Å². The number of carbonyl (C=O) groups is 1. The van der Waals surface area contributed by atoms with Crippen molar-refractivity contribution >= 4 is 39.4 Å². The van der Waals surface area contributed by atoms with Crippen molar-refractivity contribution in [3.05, 3.63) is 83.4 Å². The van der Waals surface area contributed by atoms with Gasteiger partial charge in [0.05, 0.1) is 4.55 Å². The highest BCUT2D eigenvalue weighted by Crippen LogP contribution is 2.37. The standard InChI is InChI=1S/C17H18B3NO5S/c18-16(11-7-3-1-4-8-11)14(22)13(15(21)25-16)26-27(23,24)17(19,20)12-9-5-2-6-10-12/h1-10H,18-21H2/t16-/m1/s1. The minimum Gasteiger partial charge on any atom is -0.467 e. The van der Waals surface area contributed by atoms with Crippen molar-refractivity contribution in [3.8, 4) is 0 Å². The van der Waals surface area contributed by atoms with Crippen LogP contribution in [0.2, 0.25) is 0 Å². The molecule has 0 amide bonds. The molecule has 2 N–H and O–H groups in total. The first kappa shape index (κ1) is 19.2. The Labute approximate surface area is 161 Å². The van der Waals surface area contributed by atoms with Crippen molar-refractivity contribution < 1.29 is 22.1 Å². The number of carbonyl (C=O) groups excluding carboxylic acids is 1. The summed E-state index contributed by atoms with van der Waals surface area (Å²) in [6, 6.07) is 17.3. The van der Waals surface area contributed by atoms with E-state index < -0.39 is 31.7 Å². The monoisotopic (exact) mass is 381 g/mol. The van der Waals surface area contributed by atoms with Gasteiger partial charge in [-0.05, 0) is 11.1 Å². The Hall–Kier alpha value is -2.61. The molecule has 27 heavy (non-hydrogen) atoms. The molecule has 3 rings (SSSR count). The molecule has 0 spiro atoms. The molecule has 2 aromatic rings. The lowest BCUT2D eigenvalue weighted by atomic mass is 9.65. The molecule has 0 bridgehead atoms. The second-order valence-corrected chi connectivity index (χ2v) is 9.03. The van der Waals surface area contributed by atoms with Crippen LogP contribution in [-0.4, -0.2) is 37.7 Å². The Kier molecular flexibility index (Phi) is 4.63. The van der Waals surface area contributed by atoms with E-state index in [1.54, 1.807) is 60.7 Å². The van der Waals surface area contributed by atoms with Crippen LogP contribution in [0, 0.1) is 0 Å². The third-order valence-corrected chi connectivity index (χ3v) is 6.66. The number of Topliss-reactive ketones (excluding diaryl/α,β-unsaturated/α-hetero) is 1. The Morgan fingerprint density at radius 1 is 1.00 bits per heavy atom. The maximum absolute atomic E-state index is 12.9. The molecule has 2 aromatic carbocycles. The number of hydrogen-bond donors (Lipinski definition) is 1. The second kappa shape index (κ2) is 6.53. The van der Waals surface area contributed by atoms with Crippen LogP contribution >= 0.6 is 0 Å². The number of hydrogen-bond acceptors (Lipinski definition) is 6. The molecule has 10 heteroatoms. The molecule has 0 fully saturated rings. The molecule has 1 atom stereocenters. The summed E-state index contributed by atoms with van der Waals surface area (Å²) < 4.78 is 35.2. The molecular formula is C17H18B3NO5S. The minimum atomic E-state index is -4.23. The lowest BCUT2D eigenvalue weighted by molar-refractivity contribution is -0.126. The van der Waals surface area contributed by atoms with E-state index >= 15 is 0 Å². The van der Waals surface area contributed by atoms with E-state index in [0.717, 1.165) is 0 Å². The van der Waals surface area contributed by atoms with Gasteiger partial charge in [0, 0.05) is 0 Å². The molecule has 136 valence electrons. The van der Waals surface area contributed by atoms with Crippen LogP contribution in [-0.2, 0) is 33.9 Å². The molecule has 6 nitrogen and oxygen atoms in total. The number of ketones is 1. The van der Waals surface area contributed by atoms with E-state index in [2.05, 4.69) is 0 Å². The zero-order chi connectivity index (χ0) is 19.9. The number of ether oxygens (including phenoxy) is 1. The Bertz CT molecular complexity index is 1010. The SMILES string of the molecule is BC(B)(c1ccccc1)S(=O)(=O)OC1=C(N)O[C@](B)(c2ccccc2)C1=O. The van der Waals surface area contributed by atoms with E-state index in [1.165, 1.54) is 23.5 Å². The van der Waals surface area contributed by atoms with E-state index in [9.17, 15) is 13.2 Å². The summed E-state index contributed by atoms with van der Waals surface area (Å²) in [4.78, 5) is 12.9. The van der Waals surface area contributed by atoms with Crippen molar-refractivity contribution in [2.45, 2.75) is 10.0 Å². The first-order chi connectivity index (χ1) is 12.6. The van der Waals surface area contributed by atoms with Crippen LogP contribution in [0.25, 0.3) is 0 Å².